The molecule has 6 heteroatoms. The summed E-state index contributed by atoms with van der Waals surface area (Å²) >= 11 is 3.47. The molecule has 0 spiro atoms. The lowest BCUT2D eigenvalue weighted by Gasteiger charge is -2.33. The Morgan fingerprint density at radius 2 is 2.03 bits per heavy atom. The van der Waals surface area contributed by atoms with Gasteiger partial charge in [0.1, 0.15) is 24.0 Å². The molecule has 2 aliphatic heterocycles. The first kappa shape index (κ1) is 18.7. The van der Waals surface area contributed by atoms with Crippen molar-refractivity contribution < 1.29 is 19.0 Å². The Morgan fingerprint density at radius 3 is 2.83 bits per heavy atom. The van der Waals surface area contributed by atoms with Crippen molar-refractivity contribution in [2.24, 2.45) is 0 Å². The smallest absolute Gasteiger partial charge is 0.231 e. The second-order valence-corrected chi connectivity index (χ2v) is 8.62. The van der Waals surface area contributed by atoms with E-state index in [0.29, 0.717) is 35.6 Å². The molecule has 0 amide bonds. The van der Waals surface area contributed by atoms with Gasteiger partial charge in [-0.15, -0.1) is 0 Å². The number of benzene rings is 2. The number of ketones is 1. The molecule has 2 aromatic rings. The molecule has 0 bridgehead atoms. The van der Waals surface area contributed by atoms with Crippen LogP contribution in [0.3, 0.4) is 0 Å². The third kappa shape index (κ3) is 3.34. The van der Waals surface area contributed by atoms with E-state index in [1.165, 1.54) is 25.7 Å². The Kier molecular flexibility index (Phi) is 4.84. The van der Waals surface area contributed by atoms with Crippen molar-refractivity contribution in [3.05, 3.63) is 57.3 Å². The molecule has 0 saturated heterocycles. The Labute approximate surface area is 178 Å². The number of nitrogens with zero attached hydrogens (tertiary/aromatic N) is 1. The molecule has 2 heterocycles. The van der Waals surface area contributed by atoms with Crippen molar-refractivity contribution in [3.8, 4) is 17.2 Å². The predicted octanol–water partition coefficient (Wildman–Crippen LogP) is 5.17. The molecule has 1 saturated carbocycles. The molecular weight excluding hydrogens is 434 g/mol. The van der Waals surface area contributed by atoms with Gasteiger partial charge < -0.3 is 14.2 Å². The fourth-order valence-corrected chi connectivity index (χ4v) is 4.82. The Hall–Kier alpha value is -2.31. The zero-order chi connectivity index (χ0) is 20.0. The maximum Gasteiger partial charge on any atom is 0.231 e. The number of carbonyl (C=O) groups is 1. The third-order valence-corrected chi connectivity index (χ3v) is 6.46. The fourth-order valence-electron chi connectivity index (χ4n) is 4.44. The largest absolute Gasteiger partial charge is 0.496 e. The lowest BCUT2D eigenvalue weighted by Crippen LogP contribution is -2.39. The Bertz CT molecular complexity index is 1010. The number of carbonyl (C=O) groups excluding carboxylic acids is 1. The van der Waals surface area contributed by atoms with Gasteiger partial charge in [0.25, 0.3) is 0 Å². The number of methoxy groups -OCH3 is 1. The van der Waals surface area contributed by atoms with Crippen LogP contribution in [0.15, 0.2) is 40.6 Å². The predicted molar refractivity (Wildman–Crippen MR) is 113 cm³/mol. The van der Waals surface area contributed by atoms with E-state index < -0.39 is 0 Å². The summed E-state index contributed by atoms with van der Waals surface area (Å²) in [5.41, 5.74) is 2.36. The Morgan fingerprint density at radius 1 is 1.21 bits per heavy atom. The highest BCUT2D eigenvalue weighted by Gasteiger charge is 2.35. The van der Waals surface area contributed by atoms with Crippen LogP contribution in [0, 0.1) is 0 Å². The van der Waals surface area contributed by atoms with Crippen molar-refractivity contribution >= 4 is 27.8 Å². The van der Waals surface area contributed by atoms with Crippen LogP contribution in [0.4, 0.5) is 0 Å². The molecule has 0 N–H and O–H groups in total. The molecule has 0 unspecified atom stereocenters. The molecule has 0 radical (unpaired) electrons. The average Bonchev–Trinajstić information content (AvgIpc) is 3.37. The SMILES string of the molecule is COc1ccc(Br)cc1/C=C1\Oc2c(ccc3c2CN(C2CCCC2)CO3)C1=O. The minimum Gasteiger partial charge on any atom is -0.496 e. The zero-order valence-corrected chi connectivity index (χ0v) is 17.8. The topological polar surface area (TPSA) is 48.0 Å². The van der Waals surface area contributed by atoms with Crippen molar-refractivity contribution in [1.82, 2.24) is 4.90 Å². The summed E-state index contributed by atoms with van der Waals surface area (Å²) in [4.78, 5) is 15.4. The molecule has 2 aromatic carbocycles. The lowest BCUT2D eigenvalue weighted by molar-refractivity contribution is 0.0567. The summed E-state index contributed by atoms with van der Waals surface area (Å²) in [5.74, 6) is 2.33. The van der Waals surface area contributed by atoms with E-state index >= 15 is 0 Å². The highest BCUT2D eigenvalue weighted by molar-refractivity contribution is 9.10. The molecule has 1 aliphatic carbocycles. The molecule has 1 fully saturated rings. The minimum atomic E-state index is -0.109. The third-order valence-electron chi connectivity index (χ3n) is 5.96. The van der Waals surface area contributed by atoms with E-state index in [0.717, 1.165) is 27.9 Å². The van der Waals surface area contributed by atoms with Gasteiger partial charge >= 0.3 is 0 Å². The van der Waals surface area contributed by atoms with Gasteiger partial charge in [0.15, 0.2) is 5.76 Å². The first-order valence-electron chi connectivity index (χ1n) is 9.94. The highest BCUT2D eigenvalue weighted by Crippen LogP contribution is 2.43. The summed E-state index contributed by atoms with van der Waals surface area (Å²) < 4.78 is 18.4. The van der Waals surface area contributed by atoms with Crippen molar-refractivity contribution in [2.75, 3.05) is 13.8 Å². The maximum atomic E-state index is 13.0. The van der Waals surface area contributed by atoms with Crippen LogP contribution in [0.2, 0.25) is 0 Å². The number of Topliss-reactive ketones (excluding diaryl/α,β-unsaturated/α-hetero) is 1. The van der Waals surface area contributed by atoms with E-state index in [1.54, 1.807) is 19.3 Å². The zero-order valence-electron chi connectivity index (χ0n) is 16.2. The van der Waals surface area contributed by atoms with E-state index in [9.17, 15) is 4.79 Å². The minimum absolute atomic E-state index is 0.109. The molecule has 0 aromatic heterocycles. The van der Waals surface area contributed by atoms with Crippen LogP contribution in [0.5, 0.6) is 17.2 Å². The van der Waals surface area contributed by atoms with Gasteiger partial charge in [-0.1, -0.05) is 28.8 Å². The van der Waals surface area contributed by atoms with Gasteiger partial charge in [-0.2, -0.15) is 0 Å². The van der Waals surface area contributed by atoms with Crippen molar-refractivity contribution in [1.29, 1.82) is 0 Å². The summed E-state index contributed by atoms with van der Waals surface area (Å²) in [5, 5.41) is 0. The normalized spacial score (nSPS) is 20.3. The van der Waals surface area contributed by atoms with Gasteiger partial charge in [-0.05, 0) is 49.2 Å². The monoisotopic (exact) mass is 455 g/mol. The van der Waals surface area contributed by atoms with Gasteiger partial charge in [-0.25, -0.2) is 0 Å². The van der Waals surface area contributed by atoms with Gasteiger partial charge in [0.2, 0.25) is 5.78 Å². The number of hydrogen-bond acceptors (Lipinski definition) is 5. The summed E-state index contributed by atoms with van der Waals surface area (Å²) in [6.07, 6.45) is 6.72. The first-order chi connectivity index (χ1) is 14.1. The van der Waals surface area contributed by atoms with E-state index in [1.807, 2.05) is 24.3 Å². The van der Waals surface area contributed by atoms with Crippen LogP contribution in [0.1, 0.15) is 47.2 Å². The summed E-state index contributed by atoms with van der Waals surface area (Å²) in [6.45, 7) is 1.35. The van der Waals surface area contributed by atoms with Crippen molar-refractivity contribution in [2.45, 2.75) is 38.3 Å². The fraction of sp³-hybridized carbons (Fsp3) is 0.348. The van der Waals surface area contributed by atoms with Crippen molar-refractivity contribution in [3.63, 3.8) is 0 Å². The second-order valence-electron chi connectivity index (χ2n) is 7.70. The molecule has 5 nitrogen and oxygen atoms in total. The molecule has 150 valence electrons. The number of hydrogen-bond donors (Lipinski definition) is 0. The summed E-state index contributed by atoms with van der Waals surface area (Å²) in [7, 11) is 1.61. The number of allylic oxidation sites excluding steroid dienone is 1. The number of rotatable bonds is 3. The van der Waals surface area contributed by atoms with Gasteiger partial charge in [0, 0.05) is 22.6 Å². The summed E-state index contributed by atoms with van der Waals surface area (Å²) in [6, 6.07) is 9.92. The first-order valence-corrected chi connectivity index (χ1v) is 10.7. The van der Waals surface area contributed by atoms with E-state index in [-0.39, 0.29) is 5.78 Å². The number of fused-ring (bicyclic) bond motifs is 3. The standard InChI is InChI=1S/C23H22BrNO4/c1-27-19-8-6-15(24)10-14(19)11-21-22(26)17-7-9-20-18(23(17)29-21)12-25(13-28-20)16-4-2-3-5-16/h6-11,16H,2-5,12-13H2,1H3/b21-11-. The van der Waals surface area contributed by atoms with Crippen LogP contribution < -0.4 is 14.2 Å². The number of ether oxygens (including phenoxy) is 3. The molecule has 3 aliphatic rings. The lowest BCUT2D eigenvalue weighted by atomic mass is 10.0. The average molecular weight is 456 g/mol. The van der Waals surface area contributed by atoms with Crippen LogP contribution in [-0.2, 0) is 6.54 Å². The second kappa shape index (κ2) is 7.50. The van der Waals surface area contributed by atoms with Crippen LogP contribution in [-0.4, -0.2) is 30.6 Å². The highest BCUT2D eigenvalue weighted by atomic mass is 79.9. The maximum absolute atomic E-state index is 13.0. The van der Waals surface area contributed by atoms with Gasteiger partial charge in [0.05, 0.1) is 18.2 Å². The Balaban J connectivity index is 1.49. The van der Waals surface area contributed by atoms with E-state index in [4.69, 9.17) is 14.2 Å². The van der Waals surface area contributed by atoms with E-state index in [2.05, 4.69) is 20.8 Å². The molecular formula is C23H22BrNO4. The quantitative estimate of drug-likeness (QED) is 0.597. The molecule has 5 rings (SSSR count). The van der Waals surface area contributed by atoms with Crippen LogP contribution in [0.25, 0.3) is 6.08 Å². The van der Waals surface area contributed by atoms with Crippen LogP contribution >= 0.6 is 15.9 Å². The van der Waals surface area contributed by atoms with Gasteiger partial charge in [-0.3, -0.25) is 9.69 Å². The molecule has 29 heavy (non-hydrogen) atoms. The number of halogens is 1. The molecule has 0 atom stereocenters.